The summed E-state index contributed by atoms with van der Waals surface area (Å²) in [6.45, 7) is 0. The summed E-state index contributed by atoms with van der Waals surface area (Å²) in [5.74, 6) is -4.44. The van der Waals surface area contributed by atoms with Crippen molar-refractivity contribution in [3.05, 3.63) is 83.3 Å². The number of carbonyl (C=O) groups excluding carboxylic acids is 3. The minimum Gasteiger partial charge on any atom is -0.351 e. The van der Waals surface area contributed by atoms with Crippen molar-refractivity contribution in [2.24, 2.45) is 0 Å². The molecule has 5 rings (SSSR count). The van der Waals surface area contributed by atoms with Gasteiger partial charge in [-0.3, -0.25) is 29.2 Å². The molecule has 2 aromatic heterocycles. The number of hydrogen-bond donors (Lipinski definition) is 1. The van der Waals surface area contributed by atoms with E-state index in [2.05, 4.69) is 15.3 Å². The van der Waals surface area contributed by atoms with Crippen LogP contribution in [0.15, 0.2) is 67.1 Å². The summed E-state index contributed by atoms with van der Waals surface area (Å²) in [6, 6.07) is 11.3. The first-order valence-corrected chi connectivity index (χ1v) is 12.9. The van der Waals surface area contributed by atoms with Crippen LogP contribution < -0.4 is 15.1 Å². The number of anilines is 2. The summed E-state index contributed by atoms with van der Waals surface area (Å²) < 4.78 is 27.1. The van der Waals surface area contributed by atoms with E-state index in [1.165, 1.54) is 40.5 Å². The van der Waals surface area contributed by atoms with E-state index in [0.29, 0.717) is 0 Å². The maximum Gasteiger partial charge on any atom is 0.252 e. The zero-order valence-corrected chi connectivity index (χ0v) is 21.8. The van der Waals surface area contributed by atoms with Gasteiger partial charge in [-0.15, -0.1) is 0 Å². The van der Waals surface area contributed by atoms with Crippen molar-refractivity contribution in [1.82, 2.24) is 15.3 Å². The largest absolute Gasteiger partial charge is 0.351 e. The number of benzene rings is 1. The lowest BCUT2D eigenvalue weighted by molar-refractivity contribution is -0.133. The van der Waals surface area contributed by atoms with Gasteiger partial charge >= 0.3 is 0 Å². The molecule has 0 radical (unpaired) electrons. The van der Waals surface area contributed by atoms with Gasteiger partial charge in [0.25, 0.3) is 11.8 Å². The Morgan fingerprint density at radius 1 is 1.18 bits per heavy atom. The summed E-state index contributed by atoms with van der Waals surface area (Å²) >= 11 is 6.51. The van der Waals surface area contributed by atoms with E-state index in [4.69, 9.17) is 11.6 Å². The molecule has 0 bridgehead atoms. The second-order valence-electron chi connectivity index (χ2n) is 9.65. The zero-order chi connectivity index (χ0) is 28.4. The smallest absolute Gasteiger partial charge is 0.252 e. The number of hydrogen-bond acceptors (Lipinski definition) is 6. The maximum atomic E-state index is 14.4. The maximum absolute atomic E-state index is 14.4. The summed E-state index contributed by atoms with van der Waals surface area (Å²) in [5, 5.41) is 12.2. The molecule has 0 spiro atoms. The molecule has 1 saturated carbocycles. The van der Waals surface area contributed by atoms with E-state index in [0.717, 1.165) is 0 Å². The third-order valence-electron chi connectivity index (χ3n) is 6.92. The summed E-state index contributed by atoms with van der Waals surface area (Å²) in [6.07, 6.45) is 3.39. The number of aromatic nitrogens is 2. The highest BCUT2D eigenvalue weighted by atomic mass is 35.5. The van der Waals surface area contributed by atoms with Gasteiger partial charge in [0.05, 0.1) is 23.5 Å². The van der Waals surface area contributed by atoms with Crippen molar-refractivity contribution in [3.8, 4) is 6.07 Å². The van der Waals surface area contributed by atoms with E-state index >= 15 is 0 Å². The number of pyridine rings is 2. The molecule has 1 aliphatic carbocycles. The van der Waals surface area contributed by atoms with Crippen LogP contribution in [0, 0.1) is 11.3 Å². The third-order valence-corrected chi connectivity index (χ3v) is 7.27. The Balaban J connectivity index is 1.58. The molecule has 3 amide bonds. The molecule has 0 unspecified atom stereocenters. The number of rotatable bonds is 7. The van der Waals surface area contributed by atoms with Gasteiger partial charge < -0.3 is 5.32 Å². The number of nitrogens with zero attached hydrogens (tertiary/aromatic N) is 5. The molecule has 1 aromatic carbocycles. The van der Waals surface area contributed by atoms with Gasteiger partial charge in [0, 0.05) is 48.3 Å². The molecule has 2 atom stereocenters. The molecule has 3 heterocycles. The Kier molecular flexibility index (Phi) is 7.45. The van der Waals surface area contributed by atoms with Crippen LogP contribution in [0.25, 0.3) is 0 Å². The lowest BCUT2D eigenvalue weighted by Crippen LogP contribution is -2.56. The highest BCUT2D eigenvalue weighted by Crippen LogP contribution is 2.39. The van der Waals surface area contributed by atoms with Gasteiger partial charge in [-0.2, -0.15) is 5.26 Å². The number of amides is 3. The van der Waals surface area contributed by atoms with Crippen molar-refractivity contribution >= 4 is 40.8 Å². The Morgan fingerprint density at radius 3 is 2.62 bits per heavy atom. The number of halogens is 3. The van der Waals surface area contributed by atoms with Gasteiger partial charge in [0.15, 0.2) is 0 Å². The standard InChI is InChI=1S/C28H23ClF2N6O3/c29-21-6-2-1-5-20(21)25(26(39)35-18-13-28(30,31)14-18)36(19-4-3-10-33-16-19)27(40)22-7-8-24(38)37(22)23-12-17(15-32)9-11-34-23/h1-6,9-12,16,18,22,25H,7-8,13-14H2,(H,35,39)/t22-,25-/m0/s1. The fourth-order valence-corrected chi connectivity index (χ4v) is 5.26. The second kappa shape index (κ2) is 11.0. The topological polar surface area (TPSA) is 119 Å². The molecule has 1 aliphatic heterocycles. The predicted molar refractivity (Wildman–Crippen MR) is 141 cm³/mol. The fraction of sp³-hybridized carbons (Fsp3) is 0.286. The van der Waals surface area contributed by atoms with Gasteiger partial charge in [-0.1, -0.05) is 29.8 Å². The van der Waals surface area contributed by atoms with Crippen LogP contribution in [0.1, 0.15) is 42.9 Å². The van der Waals surface area contributed by atoms with Gasteiger partial charge in [-0.05, 0) is 36.8 Å². The third kappa shape index (κ3) is 5.35. The number of nitrogens with one attached hydrogen (secondary N) is 1. The quantitative estimate of drug-likeness (QED) is 0.460. The second-order valence-corrected chi connectivity index (χ2v) is 10.1. The Labute approximate surface area is 233 Å². The Bertz CT molecular complexity index is 1490. The highest BCUT2D eigenvalue weighted by Gasteiger charge is 2.48. The van der Waals surface area contributed by atoms with E-state index in [1.807, 2.05) is 6.07 Å². The first-order chi connectivity index (χ1) is 19.2. The molecular formula is C28H23ClF2N6O3. The Morgan fingerprint density at radius 2 is 1.95 bits per heavy atom. The van der Waals surface area contributed by atoms with Crippen molar-refractivity contribution in [2.75, 3.05) is 9.80 Å². The Hall–Kier alpha value is -4.43. The van der Waals surface area contributed by atoms with Crippen LogP contribution in [0.2, 0.25) is 5.02 Å². The van der Waals surface area contributed by atoms with Gasteiger partial charge in [0.1, 0.15) is 17.9 Å². The summed E-state index contributed by atoms with van der Waals surface area (Å²) in [7, 11) is 0. The molecular weight excluding hydrogens is 542 g/mol. The van der Waals surface area contributed by atoms with Crippen molar-refractivity contribution in [2.45, 2.75) is 49.7 Å². The molecule has 2 aliphatic rings. The summed E-state index contributed by atoms with van der Waals surface area (Å²) in [5.41, 5.74) is 0.764. The zero-order valence-electron chi connectivity index (χ0n) is 21.0. The van der Waals surface area contributed by atoms with Crippen molar-refractivity contribution in [1.29, 1.82) is 5.26 Å². The first-order valence-electron chi connectivity index (χ1n) is 12.5. The van der Waals surface area contributed by atoms with E-state index in [1.54, 1.807) is 36.4 Å². The van der Waals surface area contributed by atoms with Crippen LogP contribution in [0.5, 0.6) is 0 Å². The predicted octanol–water partition coefficient (Wildman–Crippen LogP) is 4.19. The first kappa shape index (κ1) is 27.1. The lowest BCUT2D eigenvalue weighted by atomic mass is 9.87. The minimum atomic E-state index is -2.87. The molecule has 1 saturated heterocycles. The van der Waals surface area contributed by atoms with Crippen LogP contribution in [-0.2, 0) is 14.4 Å². The molecule has 2 fully saturated rings. The number of alkyl halides is 2. The average Bonchev–Trinajstić information content (AvgIpc) is 3.32. The monoisotopic (exact) mass is 564 g/mol. The van der Waals surface area contributed by atoms with Crippen molar-refractivity contribution in [3.63, 3.8) is 0 Å². The molecule has 3 aromatic rings. The molecule has 1 N–H and O–H groups in total. The molecule has 12 heteroatoms. The van der Waals surface area contributed by atoms with E-state index < -0.39 is 48.7 Å². The SMILES string of the molecule is N#Cc1ccnc(N2C(=O)CC[C@H]2C(=O)N(c2cccnc2)[C@H](C(=O)NC2CC(F)(F)C2)c2ccccc2Cl)c1. The normalized spacial score (nSPS) is 18.9. The van der Waals surface area contributed by atoms with Gasteiger partial charge in [-0.25, -0.2) is 13.8 Å². The van der Waals surface area contributed by atoms with Gasteiger partial charge in [0.2, 0.25) is 11.8 Å². The van der Waals surface area contributed by atoms with E-state index in [9.17, 15) is 28.4 Å². The van der Waals surface area contributed by atoms with Crippen molar-refractivity contribution < 1.29 is 23.2 Å². The highest BCUT2D eigenvalue weighted by molar-refractivity contribution is 6.31. The average molecular weight is 565 g/mol. The van der Waals surface area contributed by atoms with Crippen LogP contribution in [-0.4, -0.2) is 45.7 Å². The number of carbonyl (C=O) groups is 3. The van der Waals surface area contributed by atoms with Crippen LogP contribution in [0.3, 0.4) is 0 Å². The number of nitriles is 1. The lowest BCUT2D eigenvalue weighted by Gasteiger charge is -2.39. The molecule has 9 nitrogen and oxygen atoms in total. The van der Waals surface area contributed by atoms with Crippen LogP contribution >= 0.6 is 11.6 Å². The minimum absolute atomic E-state index is 0.0376. The fourth-order valence-electron chi connectivity index (χ4n) is 5.02. The van der Waals surface area contributed by atoms with Crippen LogP contribution in [0.4, 0.5) is 20.3 Å². The molecule has 204 valence electrons. The van der Waals surface area contributed by atoms with E-state index in [-0.39, 0.29) is 46.4 Å². The molecule has 40 heavy (non-hydrogen) atoms. The summed E-state index contributed by atoms with van der Waals surface area (Å²) in [4.78, 5) is 51.9.